The lowest BCUT2D eigenvalue weighted by molar-refractivity contribution is -0.142. The van der Waals surface area contributed by atoms with E-state index in [0.717, 1.165) is 27.4 Å². The van der Waals surface area contributed by atoms with Gasteiger partial charge >= 0.3 is 5.97 Å². The molecule has 19 nitrogen and oxygen atoms in total. The highest BCUT2D eigenvalue weighted by atomic mass is 32.2. The van der Waals surface area contributed by atoms with Gasteiger partial charge in [-0.2, -0.15) is 11.8 Å². The van der Waals surface area contributed by atoms with Gasteiger partial charge in [0.1, 0.15) is 30.2 Å². The topological polar surface area (TPSA) is 327 Å². The molecule has 0 unspecified atom stereocenters. The maximum atomic E-state index is 14.1. The van der Waals surface area contributed by atoms with Crippen molar-refractivity contribution in [3.05, 3.63) is 72.1 Å². The van der Waals surface area contributed by atoms with Crippen molar-refractivity contribution in [2.45, 2.75) is 68.7 Å². The molecule has 5 atom stereocenters. The molecule has 0 radical (unpaired) electrons. The number of H-pyrrole nitrogens is 2. The van der Waals surface area contributed by atoms with Crippen LogP contribution in [0.3, 0.4) is 0 Å². The SMILES string of the molecule is CSCC[C@H](NC(=O)[C@H](Cc1c[nH]c2ccccc12)NC(=O)CN)C(=O)N[C@@H](Cc1c[nH]c2ccccc12)C(=O)N[C@@H](CC(N)=O)C(=O)N[C@@H](CCC(N)=O)C(=O)O. The van der Waals surface area contributed by atoms with Crippen molar-refractivity contribution < 1.29 is 43.5 Å². The highest BCUT2D eigenvalue weighted by molar-refractivity contribution is 7.98. The number of fused-ring (bicyclic) bond motifs is 2. The molecule has 20 heteroatoms. The maximum absolute atomic E-state index is 14.1. The van der Waals surface area contributed by atoms with Crippen LogP contribution in [0.4, 0.5) is 0 Å². The molecule has 4 aromatic rings. The third-order valence-electron chi connectivity index (χ3n) is 9.24. The summed E-state index contributed by atoms with van der Waals surface area (Å²) in [5.74, 6) is -6.99. The molecule has 0 aliphatic carbocycles. The Morgan fingerprint density at radius 2 is 1.10 bits per heavy atom. The number of primary amides is 2. The van der Waals surface area contributed by atoms with Crippen LogP contribution in [0, 0.1) is 0 Å². The van der Waals surface area contributed by atoms with E-state index < -0.39 is 90.5 Å². The molecule has 310 valence electrons. The zero-order valence-electron chi connectivity index (χ0n) is 31.7. The zero-order valence-corrected chi connectivity index (χ0v) is 32.5. The molecule has 0 saturated carbocycles. The van der Waals surface area contributed by atoms with Gasteiger partial charge in [-0.3, -0.25) is 33.6 Å². The van der Waals surface area contributed by atoms with Gasteiger partial charge in [0.15, 0.2) is 0 Å². The van der Waals surface area contributed by atoms with E-state index in [1.54, 1.807) is 42.9 Å². The quantitative estimate of drug-likeness (QED) is 0.0422. The van der Waals surface area contributed by atoms with Gasteiger partial charge in [-0.05, 0) is 48.1 Å². The fraction of sp³-hybridized carbons (Fsp3) is 0.368. The molecule has 2 aromatic carbocycles. The molecular formula is C38H48N10O9S. The smallest absolute Gasteiger partial charge is 0.326 e. The Kier molecular flexibility index (Phi) is 16.2. The summed E-state index contributed by atoms with van der Waals surface area (Å²) in [6.07, 6.45) is 3.71. The Balaban J connectivity index is 1.61. The number of benzene rings is 2. The predicted molar refractivity (Wildman–Crippen MR) is 216 cm³/mol. The first-order valence-electron chi connectivity index (χ1n) is 18.3. The molecule has 2 heterocycles. The monoisotopic (exact) mass is 820 g/mol. The average Bonchev–Trinajstić information content (AvgIpc) is 3.80. The second-order valence-corrected chi connectivity index (χ2v) is 14.5. The summed E-state index contributed by atoms with van der Waals surface area (Å²) in [6.45, 7) is -0.391. The van der Waals surface area contributed by atoms with Crippen LogP contribution in [0.5, 0.6) is 0 Å². The van der Waals surface area contributed by atoms with Crippen molar-refractivity contribution in [2.24, 2.45) is 17.2 Å². The number of carbonyl (C=O) groups excluding carboxylic acids is 7. The van der Waals surface area contributed by atoms with Crippen LogP contribution in [-0.4, -0.2) is 111 Å². The number of hydrogen-bond acceptors (Lipinski definition) is 10. The van der Waals surface area contributed by atoms with E-state index in [1.807, 2.05) is 24.3 Å². The van der Waals surface area contributed by atoms with Crippen molar-refractivity contribution in [3.63, 3.8) is 0 Å². The van der Waals surface area contributed by atoms with Gasteiger partial charge in [-0.1, -0.05) is 36.4 Å². The van der Waals surface area contributed by atoms with Crippen molar-refractivity contribution >= 4 is 80.9 Å². The average molecular weight is 821 g/mol. The van der Waals surface area contributed by atoms with E-state index in [-0.39, 0.29) is 32.1 Å². The summed E-state index contributed by atoms with van der Waals surface area (Å²) in [7, 11) is 0. The third-order valence-corrected chi connectivity index (χ3v) is 9.89. The van der Waals surface area contributed by atoms with Crippen LogP contribution >= 0.6 is 11.8 Å². The van der Waals surface area contributed by atoms with Crippen molar-refractivity contribution in [2.75, 3.05) is 18.6 Å². The Labute approximate surface area is 336 Å². The maximum Gasteiger partial charge on any atom is 0.326 e. The van der Waals surface area contributed by atoms with Gasteiger partial charge in [0.2, 0.25) is 41.4 Å². The highest BCUT2D eigenvalue weighted by Gasteiger charge is 2.34. The van der Waals surface area contributed by atoms with E-state index in [0.29, 0.717) is 11.3 Å². The Morgan fingerprint density at radius 3 is 1.60 bits per heavy atom. The molecular weight excluding hydrogens is 773 g/mol. The number of carbonyl (C=O) groups is 8. The predicted octanol–water partition coefficient (Wildman–Crippen LogP) is -1.20. The van der Waals surface area contributed by atoms with Crippen LogP contribution < -0.4 is 43.8 Å². The van der Waals surface area contributed by atoms with Gasteiger partial charge in [0, 0.05) is 53.5 Å². The first-order chi connectivity index (χ1) is 27.7. The number of aromatic nitrogens is 2. The van der Waals surface area contributed by atoms with Crippen LogP contribution in [0.25, 0.3) is 21.8 Å². The number of hydrogen-bond donors (Lipinski definition) is 11. The number of carboxylic acids is 1. The minimum Gasteiger partial charge on any atom is -0.480 e. The van der Waals surface area contributed by atoms with Crippen LogP contribution in [0.15, 0.2) is 60.9 Å². The van der Waals surface area contributed by atoms with E-state index in [4.69, 9.17) is 17.2 Å². The third kappa shape index (κ3) is 12.5. The Morgan fingerprint density at radius 1 is 0.638 bits per heavy atom. The first-order valence-corrected chi connectivity index (χ1v) is 19.7. The van der Waals surface area contributed by atoms with E-state index >= 15 is 0 Å². The molecule has 0 spiro atoms. The number of nitrogens with two attached hydrogens (primary N) is 3. The normalized spacial score (nSPS) is 13.7. The van der Waals surface area contributed by atoms with Crippen molar-refractivity contribution in [3.8, 4) is 0 Å². The summed E-state index contributed by atoms with van der Waals surface area (Å²) in [6, 6.07) is 7.52. The Hall–Kier alpha value is -6.41. The number of amides is 7. The largest absolute Gasteiger partial charge is 0.480 e. The van der Waals surface area contributed by atoms with E-state index in [2.05, 4.69) is 36.6 Å². The van der Waals surface area contributed by atoms with Gasteiger partial charge in [-0.15, -0.1) is 0 Å². The molecule has 0 aliphatic rings. The number of thioether (sulfide) groups is 1. The lowest BCUT2D eigenvalue weighted by Gasteiger charge is -2.27. The number of carboxylic acid groups (broad SMARTS) is 1. The molecule has 14 N–H and O–H groups in total. The lowest BCUT2D eigenvalue weighted by Crippen LogP contribution is -2.60. The molecule has 0 bridgehead atoms. The van der Waals surface area contributed by atoms with Crippen LogP contribution in [-0.2, 0) is 51.2 Å². The van der Waals surface area contributed by atoms with Crippen molar-refractivity contribution in [1.82, 2.24) is 36.6 Å². The minimum atomic E-state index is -1.69. The van der Waals surface area contributed by atoms with Gasteiger partial charge < -0.3 is 58.9 Å². The van der Waals surface area contributed by atoms with E-state index in [9.17, 15) is 43.5 Å². The number of aromatic amines is 2. The molecule has 0 saturated heterocycles. The molecule has 0 aliphatic heterocycles. The van der Waals surface area contributed by atoms with Crippen LogP contribution in [0.2, 0.25) is 0 Å². The highest BCUT2D eigenvalue weighted by Crippen LogP contribution is 2.21. The van der Waals surface area contributed by atoms with Gasteiger partial charge in [0.25, 0.3) is 0 Å². The summed E-state index contributed by atoms with van der Waals surface area (Å²) < 4.78 is 0. The second-order valence-electron chi connectivity index (χ2n) is 13.5. The summed E-state index contributed by atoms with van der Waals surface area (Å²) in [5, 5.41) is 23.8. The first kappa shape index (κ1) is 44.3. The lowest BCUT2D eigenvalue weighted by atomic mass is 10.0. The summed E-state index contributed by atoms with van der Waals surface area (Å²) in [5.41, 5.74) is 19.0. The Bertz CT molecular complexity index is 2140. The zero-order chi connectivity index (χ0) is 42.4. The number of para-hydroxylation sites is 2. The van der Waals surface area contributed by atoms with E-state index in [1.165, 1.54) is 11.8 Å². The van der Waals surface area contributed by atoms with Gasteiger partial charge in [0.05, 0.1) is 13.0 Å². The number of rotatable bonds is 23. The second kappa shape index (κ2) is 21.2. The fourth-order valence-electron chi connectivity index (χ4n) is 6.26. The molecule has 0 fully saturated rings. The number of aliphatic carboxylic acids is 1. The molecule has 7 amide bonds. The standard InChI is InChI=1S/C38H48N10O9S/c1-58-13-12-26(45-35(53)28(44-33(51)17-39)14-20-18-42-24-8-4-2-6-22(20)24)34(52)47-29(15-21-19-43-25-9-5-3-7-23(21)25)36(54)48-30(16-32(41)50)37(55)46-27(38(56)57)10-11-31(40)49/h2-9,18-19,26-30,42-43H,10-17,39H2,1H3,(H2,40,49)(H2,41,50)(H,44,51)(H,45,53)(H,46,55)(H,47,52)(H,48,54)(H,56,57)/t26-,27-,28-,29-,30-/m0/s1. The summed E-state index contributed by atoms with van der Waals surface area (Å²) >= 11 is 1.40. The minimum absolute atomic E-state index is 0.0542. The molecule has 58 heavy (non-hydrogen) atoms. The van der Waals surface area contributed by atoms with Crippen LogP contribution in [0.1, 0.15) is 36.8 Å². The van der Waals surface area contributed by atoms with Gasteiger partial charge in [-0.25, -0.2) is 4.79 Å². The molecule has 2 aromatic heterocycles. The number of nitrogens with one attached hydrogen (secondary N) is 7. The summed E-state index contributed by atoms with van der Waals surface area (Å²) in [4.78, 5) is 109. The van der Waals surface area contributed by atoms with Crippen molar-refractivity contribution in [1.29, 1.82) is 0 Å². The fourth-order valence-corrected chi connectivity index (χ4v) is 6.73. The molecule has 4 rings (SSSR count).